The van der Waals surface area contributed by atoms with E-state index >= 15 is 0 Å². The molecule has 0 radical (unpaired) electrons. The number of rotatable bonds is 4. The third-order valence-corrected chi connectivity index (χ3v) is 6.01. The Morgan fingerprint density at radius 1 is 1.08 bits per heavy atom. The van der Waals surface area contributed by atoms with Crippen LogP contribution in [0.3, 0.4) is 0 Å². The molecule has 1 aromatic carbocycles. The van der Waals surface area contributed by atoms with Crippen molar-refractivity contribution in [1.82, 2.24) is 5.32 Å². The lowest BCUT2D eigenvalue weighted by atomic mass is 9.71. The van der Waals surface area contributed by atoms with Crippen molar-refractivity contribution < 1.29 is 19.1 Å². The Morgan fingerprint density at radius 2 is 1.71 bits per heavy atom. The zero-order valence-corrected chi connectivity index (χ0v) is 13.2. The van der Waals surface area contributed by atoms with E-state index in [4.69, 9.17) is 0 Å². The Bertz CT molecular complexity index is 708. The van der Waals surface area contributed by atoms with E-state index in [9.17, 15) is 19.1 Å². The van der Waals surface area contributed by atoms with Crippen LogP contribution in [0.1, 0.15) is 31.2 Å². The highest BCUT2D eigenvalue weighted by molar-refractivity contribution is 5.87. The van der Waals surface area contributed by atoms with Gasteiger partial charge >= 0.3 is 5.97 Å². The molecule has 3 aliphatic carbocycles. The Hall–Kier alpha value is -2.17. The molecule has 3 aliphatic rings. The summed E-state index contributed by atoms with van der Waals surface area (Å²) in [5.41, 5.74) is 0.424. The van der Waals surface area contributed by atoms with E-state index in [0.29, 0.717) is 0 Å². The maximum atomic E-state index is 13.2. The van der Waals surface area contributed by atoms with Crippen LogP contribution in [0.25, 0.3) is 0 Å². The van der Waals surface area contributed by atoms with Crippen LogP contribution in [0.5, 0.6) is 0 Å². The van der Waals surface area contributed by atoms with Gasteiger partial charge in [-0.3, -0.25) is 9.59 Å². The predicted molar refractivity (Wildman–Crippen MR) is 85.4 cm³/mol. The predicted octanol–water partition coefficient (Wildman–Crippen LogP) is 2.84. The fraction of sp³-hybridized carbons (Fsp3) is 0.474. The Labute approximate surface area is 139 Å². The molecule has 0 heterocycles. The molecule has 0 saturated heterocycles. The minimum atomic E-state index is -0.892. The van der Waals surface area contributed by atoms with Crippen LogP contribution in [0.2, 0.25) is 0 Å². The molecule has 0 aliphatic heterocycles. The van der Waals surface area contributed by atoms with Crippen LogP contribution in [0.15, 0.2) is 36.4 Å². The molecule has 1 amide bonds. The fourth-order valence-corrected chi connectivity index (χ4v) is 4.62. The molecule has 0 spiro atoms. The topological polar surface area (TPSA) is 66.4 Å². The van der Waals surface area contributed by atoms with Gasteiger partial charge < -0.3 is 10.4 Å². The van der Waals surface area contributed by atoms with Gasteiger partial charge in [-0.1, -0.05) is 24.3 Å². The zero-order valence-electron chi connectivity index (χ0n) is 13.2. The van der Waals surface area contributed by atoms with Crippen molar-refractivity contribution in [2.45, 2.75) is 31.2 Å². The average molecular weight is 329 g/mol. The summed E-state index contributed by atoms with van der Waals surface area (Å²) in [6.45, 7) is 0. The number of carbonyl (C=O) groups is 2. The molecule has 2 fully saturated rings. The number of hydrogen-bond donors (Lipinski definition) is 2. The van der Waals surface area contributed by atoms with E-state index in [1.807, 2.05) is 12.2 Å². The standard InChI is InChI=1S/C19H20FNO3/c20-14-6-4-13(5-7-14)19(8-1-9-19)21-17(22)15-11-2-3-12(10-11)16(15)18(23)24/h2-7,11-12,15-16H,1,8-10H2,(H,21,22)(H,23,24). The molecule has 0 aromatic heterocycles. The highest BCUT2D eigenvalue weighted by atomic mass is 19.1. The van der Waals surface area contributed by atoms with Gasteiger partial charge in [-0.05, 0) is 55.2 Å². The van der Waals surface area contributed by atoms with Crippen molar-refractivity contribution in [2.75, 3.05) is 0 Å². The number of carboxylic acids is 1. The van der Waals surface area contributed by atoms with Crippen LogP contribution >= 0.6 is 0 Å². The highest BCUT2D eigenvalue weighted by Gasteiger charge is 2.53. The number of benzene rings is 1. The number of halogens is 1. The van der Waals surface area contributed by atoms with E-state index in [1.165, 1.54) is 12.1 Å². The quantitative estimate of drug-likeness (QED) is 0.835. The number of nitrogens with one attached hydrogen (secondary N) is 1. The second kappa shape index (κ2) is 5.43. The lowest BCUT2D eigenvalue weighted by Gasteiger charge is -2.44. The SMILES string of the molecule is O=C(O)C1C2C=CC(C2)C1C(=O)NC1(c2ccc(F)cc2)CCC1. The first-order valence-electron chi connectivity index (χ1n) is 8.49. The van der Waals surface area contributed by atoms with Gasteiger partial charge in [0.2, 0.25) is 5.91 Å². The Balaban J connectivity index is 1.57. The summed E-state index contributed by atoms with van der Waals surface area (Å²) in [6.07, 6.45) is 7.28. The highest BCUT2D eigenvalue weighted by Crippen LogP contribution is 2.49. The number of carboxylic acid groups (broad SMARTS) is 1. The van der Waals surface area contributed by atoms with Gasteiger partial charge in [0.1, 0.15) is 5.82 Å². The van der Waals surface area contributed by atoms with Crippen molar-refractivity contribution in [3.63, 3.8) is 0 Å². The normalized spacial score (nSPS) is 32.4. The summed E-state index contributed by atoms with van der Waals surface area (Å²) < 4.78 is 13.2. The van der Waals surface area contributed by atoms with E-state index in [-0.39, 0.29) is 23.6 Å². The van der Waals surface area contributed by atoms with Gasteiger partial charge in [-0.15, -0.1) is 0 Å². The fourth-order valence-electron chi connectivity index (χ4n) is 4.62. The third-order valence-electron chi connectivity index (χ3n) is 6.01. The second-order valence-corrected chi connectivity index (χ2v) is 7.27. The summed E-state index contributed by atoms with van der Waals surface area (Å²) >= 11 is 0. The first kappa shape index (κ1) is 15.4. The minimum Gasteiger partial charge on any atom is -0.481 e. The van der Waals surface area contributed by atoms with Crippen LogP contribution in [0, 0.1) is 29.5 Å². The van der Waals surface area contributed by atoms with Crippen molar-refractivity contribution in [3.05, 3.63) is 47.8 Å². The Morgan fingerprint density at radius 3 is 2.25 bits per heavy atom. The van der Waals surface area contributed by atoms with Crippen molar-refractivity contribution in [2.24, 2.45) is 23.7 Å². The summed E-state index contributed by atoms with van der Waals surface area (Å²) in [5.74, 6) is -2.53. The van der Waals surface area contributed by atoms with Crippen LogP contribution in [-0.4, -0.2) is 17.0 Å². The van der Waals surface area contributed by atoms with E-state index in [1.54, 1.807) is 12.1 Å². The van der Waals surface area contributed by atoms with Crippen LogP contribution < -0.4 is 5.32 Å². The lowest BCUT2D eigenvalue weighted by molar-refractivity contribution is -0.148. The van der Waals surface area contributed by atoms with Crippen molar-refractivity contribution in [3.8, 4) is 0 Å². The molecule has 4 unspecified atom stereocenters. The smallest absolute Gasteiger partial charge is 0.307 e. The zero-order chi connectivity index (χ0) is 16.9. The van der Waals surface area contributed by atoms with Gasteiger partial charge in [-0.2, -0.15) is 0 Å². The van der Waals surface area contributed by atoms with E-state index in [0.717, 1.165) is 31.2 Å². The number of carbonyl (C=O) groups excluding carboxylic acids is 1. The molecule has 2 saturated carbocycles. The third kappa shape index (κ3) is 2.26. The van der Waals surface area contributed by atoms with Gasteiger partial charge in [-0.25, -0.2) is 4.39 Å². The number of fused-ring (bicyclic) bond motifs is 2. The molecule has 4 rings (SSSR count). The lowest BCUT2D eigenvalue weighted by Crippen LogP contribution is -2.54. The first-order valence-corrected chi connectivity index (χ1v) is 8.49. The molecular formula is C19H20FNO3. The number of aliphatic carboxylic acids is 1. The number of allylic oxidation sites excluding steroid dienone is 2. The molecule has 1 aromatic rings. The number of hydrogen-bond acceptors (Lipinski definition) is 2. The Kier molecular flexibility index (Phi) is 3.48. The molecule has 5 heteroatoms. The first-order chi connectivity index (χ1) is 11.5. The van der Waals surface area contributed by atoms with Crippen LogP contribution in [-0.2, 0) is 15.1 Å². The summed E-state index contributed by atoms with van der Waals surface area (Å²) in [7, 11) is 0. The van der Waals surface area contributed by atoms with Gasteiger partial charge in [0.25, 0.3) is 0 Å². The second-order valence-electron chi connectivity index (χ2n) is 7.27. The molecule has 24 heavy (non-hydrogen) atoms. The molecule has 2 N–H and O–H groups in total. The monoisotopic (exact) mass is 329 g/mol. The van der Waals surface area contributed by atoms with Crippen molar-refractivity contribution >= 4 is 11.9 Å². The van der Waals surface area contributed by atoms with Crippen molar-refractivity contribution in [1.29, 1.82) is 0 Å². The summed E-state index contributed by atoms with van der Waals surface area (Å²) in [4.78, 5) is 24.5. The minimum absolute atomic E-state index is 0.0152. The van der Waals surface area contributed by atoms with Gasteiger partial charge in [0.05, 0.1) is 17.4 Å². The number of amides is 1. The molecule has 4 atom stereocenters. The van der Waals surface area contributed by atoms with Gasteiger partial charge in [0, 0.05) is 0 Å². The molecule has 4 nitrogen and oxygen atoms in total. The van der Waals surface area contributed by atoms with E-state index in [2.05, 4.69) is 5.32 Å². The maximum absolute atomic E-state index is 13.2. The average Bonchev–Trinajstić information content (AvgIpc) is 3.12. The summed E-state index contributed by atoms with van der Waals surface area (Å²) in [6, 6.07) is 6.23. The molecule has 2 bridgehead atoms. The maximum Gasteiger partial charge on any atom is 0.307 e. The molecular weight excluding hydrogens is 309 g/mol. The van der Waals surface area contributed by atoms with Crippen LogP contribution in [0.4, 0.5) is 4.39 Å². The summed E-state index contributed by atoms with van der Waals surface area (Å²) in [5, 5.41) is 12.6. The van der Waals surface area contributed by atoms with Gasteiger partial charge in [0.15, 0.2) is 0 Å². The molecule has 126 valence electrons. The van der Waals surface area contributed by atoms with E-state index < -0.39 is 23.3 Å². The largest absolute Gasteiger partial charge is 0.481 e.